The Bertz CT molecular complexity index is 644. The molecule has 3 heteroatoms. The van der Waals surface area contributed by atoms with Crippen molar-refractivity contribution in [3.63, 3.8) is 0 Å². The van der Waals surface area contributed by atoms with Gasteiger partial charge >= 0.3 is 0 Å². The molecule has 3 aliphatic heterocycles. The van der Waals surface area contributed by atoms with E-state index in [9.17, 15) is 4.79 Å². The number of nitrogens with zero attached hydrogens (tertiary/aromatic N) is 2. The quantitative estimate of drug-likeness (QED) is 0.868. The van der Waals surface area contributed by atoms with Gasteiger partial charge in [-0.15, -0.1) is 0 Å². The Balaban J connectivity index is 1.42. The molecule has 3 nitrogen and oxygen atoms in total. The lowest BCUT2D eigenvalue weighted by Gasteiger charge is -2.56. The van der Waals surface area contributed by atoms with Gasteiger partial charge < -0.3 is 4.90 Å². The van der Waals surface area contributed by atoms with E-state index < -0.39 is 0 Å². The molecule has 3 saturated heterocycles. The van der Waals surface area contributed by atoms with Gasteiger partial charge in [-0.3, -0.25) is 9.69 Å². The van der Waals surface area contributed by atoms with Gasteiger partial charge in [0.15, 0.2) is 0 Å². The van der Waals surface area contributed by atoms with Crippen molar-refractivity contribution in [2.24, 2.45) is 0 Å². The average Bonchev–Trinajstić information content (AvgIpc) is 2.56. The number of carbonyl (C=O) groups is 1. The van der Waals surface area contributed by atoms with Crippen LogP contribution in [0.2, 0.25) is 0 Å². The van der Waals surface area contributed by atoms with Gasteiger partial charge in [0.2, 0.25) is 0 Å². The Morgan fingerprint density at radius 2 is 1.50 bits per heavy atom. The SMILES string of the molecule is O=C(c1ccccc1)N1[C@@H]2C[C@H]1CN(Cc1ccccc1)C2. The Kier molecular flexibility index (Phi) is 3.43. The number of piperazine rings is 1. The lowest BCUT2D eigenvalue weighted by molar-refractivity contribution is -0.0500. The van der Waals surface area contributed by atoms with Crippen molar-refractivity contribution in [2.45, 2.75) is 25.0 Å². The van der Waals surface area contributed by atoms with Crippen molar-refractivity contribution in [1.29, 1.82) is 0 Å². The highest BCUT2D eigenvalue weighted by Crippen LogP contribution is 2.34. The minimum atomic E-state index is 0.196. The Morgan fingerprint density at radius 3 is 2.14 bits per heavy atom. The number of rotatable bonds is 3. The summed E-state index contributed by atoms with van der Waals surface area (Å²) in [5, 5.41) is 0. The van der Waals surface area contributed by atoms with Gasteiger partial charge in [0.05, 0.1) is 0 Å². The number of amides is 1. The van der Waals surface area contributed by atoms with Crippen molar-refractivity contribution in [1.82, 2.24) is 9.80 Å². The minimum absolute atomic E-state index is 0.196. The normalized spacial score (nSPS) is 23.9. The maximum absolute atomic E-state index is 12.6. The molecule has 3 fully saturated rings. The molecule has 3 aliphatic rings. The third kappa shape index (κ3) is 2.42. The summed E-state index contributed by atoms with van der Waals surface area (Å²) in [5.74, 6) is 0.196. The third-order valence-corrected chi connectivity index (χ3v) is 4.77. The van der Waals surface area contributed by atoms with E-state index in [0.717, 1.165) is 31.6 Å². The van der Waals surface area contributed by atoms with Gasteiger partial charge in [0.25, 0.3) is 5.91 Å². The molecule has 0 unspecified atom stereocenters. The molecule has 5 rings (SSSR count). The molecule has 2 atom stereocenters. The lowest BCUT2D eigenvalue weighted by atomic mass is 9.86. The lowest BCUT2D eigenvalue weighted by Crippen LogP contribution is -2.69. The summed E-state index contributed by atoms with van der Waals surface area (Å²) in [4.78, 5) is 17.2. The zero-order valence-electron chi connectivity index (χ0n) is 12.6. The van der Waals surface area contributed by atoms with Crippen molar-refractivity contribution < 1.29 is 4.79 Å². The van der Waals surface area contributed by atoms with E-state index in [-0.39, 0.29) is 5.91 Å². The van der Waals surface area contributed by atoms with Crippen molar-refractivity contribution in [3.05, 3.63) is 71.8 Å². The number of benzene rings is 2. The summed E-state index contributed by atoms with van der Waals surface area (Å²) in [6.07, 6.45) is 1.16. The van der Waals surface area contributed by atoms with Crippen molar-refractivity contribution in [3.8, 4) is 0 Å². The van der Waals surface area contributed by atoms with E-state index in [1.807, 2.05) is 30.3 Å². The van der Waals surface area contributed by atoms with Crippen LogP contribution in [0.15, 0.2) is 60.7 Å². The molecule has 0 spiro atoms. The largest absolute Gasteiger partial charge is 0.330 e. The summed E-state index contributed by atoms with van der Waals surface area (Å²) < 4.78 is 0. The van der Waals surface area contributed by atoms with E-state index in [4.69, 9.17) is 0 Å². The predicted molar refractivity (Wildman–Crippen MR) is 86.5 cm³/mol. The summed E-state index contributed by atoms with van der Waals surface area (Å²) in [5.41, 5.74) is 2.17. The molecule has 2 bridgehead atoms. The number of hydrogen-bond donors (Lipinski definition) is 0. The second kappa shape index (κ2) is 5.58. The van der Waals surface area contributed by atoms with Crippen molar-refractivity contribution >= 4 is 5.91 Å². The molecular weight excluding hydrogens is 272 g/mol. The van der Waals surface area contributed by atoms with E-state index in [1.54, 1.807) is 0 Å². The van der Waals surface area contributed by atoms with E-state index in [2.05, 4.69) is 40.1 Å². The van der Waals surface area contributed by atoms with Gasteiger partial charge in [-0.25, -0.2) is 0 Å². The molecule has 2 aromatic rings. The van der Waals surface area contributed by atoms with Gasteiger partial charge in [0.1, 0.15) is 0 Å². The Morgan fingerprint density at radius 1 is 0.909 bits per heavy atom. The third-order valence-electron chi connectivity index (χ3n) is 4.77. The summed E-state index contributed by atoms with van der Waals surface area (Å²) in [6, 6.07) is 21.0. The van der Waals surface area contributed by atoms with Crippen LogP contribution in [0.1, 0.15) is 22.3 Å². The first-order chi connectivity index (χ1) is 10.8. The number of fused-ring (bicyclic) bond motifs is 2. The highest BCUT2D eigenvalue weighted by Gasteiger charge is 2.47. The minimum Gasteiger partial charge on any atom is -0.330 e. The molecule has 1 amide bonds. The predicted octanol–water partition coefficient (Wildman–Crippen LogP) is 2.79. The standard InChI is InChI=1S/C19H20N2O/c22-19(16-9-5-2-6-10-16)21-17-11-18(21)14-20(13-17)12-15-7-3-1-4-8-15/h1-10,17-18H,11-14H2/t17-,18+. The van der Waals surface area contributed by atoms with Gasteiger partial charge in [0, 0.05) is 37.3 Å². The average molecular weight is 292 g/mol. The highest BCUT2D eigenvalue weighted by atomic mass is 16.2. The van der Waals surface area contributed by atoms with E-state index in [0.29, 0.717) is 12.1 Å². The topological polar surface area (TPSA) is 23.6 Å². The van der Waals surface area contributed by atoms with Gasteiger partial charge in [-0.1, -0.05) is 48.5 Å². The fourth-order valence-corrected chi connectivity index (χ4v) is 3.73. The highest BCUT2D eigenvalue weighted by molar-refractivity contribution is 5.95. The summed E-state index contributed by atoms with van der Waals surface area (Å²) in [7, 11) is 0. The van der Waals surface area contributed by atoms with Crippen LogP contribution in [0, 0.1) is 0 Å². The van der Waals surface area contributed by atoms with E-state index >= 15 is 0 Å². The molecule has 112 valence electrons. The van der Waals surface area contributed by atoms with E-state index in [1.165, 1.54) is 5.56 Å². The van der Waals surface area contributed by atoms with Crippen LogP contribution < -0.4 is 0 Å². The van der Waals surface area contributed by atoms with Gasteiger partial charge in [-0.05, 0) is 24.1 Å². The molecule has 0 N–H and O–H groups in total. The molecule has 0 aromatic heterocycles. The van der Waals surface area contributed by atoms with Crippen LogP contribution in [0.25, 0.3) is 0 Å². The van der Waals surface area contributed by atoms with Crippen LogP contribution in [0.3, 0.4) is 0 Å². The summed E-state index contributed by atoms with van der Waals surface area (Å²) >= 11 is 0. The zero-order valence-corrected chi connectivity index (χ0v) is 12.6. The molecule has 2 aromatic carbocycles. The van der Waals surface area contributed by atoms with Crippen LogP contribution >= 0.6 is 0 Å². The maximum atomic E-state index is 12.6. The Hall–Kier alpha value is -2.13. The molecule has 3 heterocycles. The van der Waals surface area contributed by atoms with Crippen LogP contribution in [0.5, 0.6) is 0 Å². The molecule has 22 heavy (non-hydrogen) atoms. The molecule has 0 aliphatic carbocycles. The van der Waals surface area contributed by atoms with Crippen molar-refractivity contribution in [2.75, 3.05) is 13.1 Å². The van der Waals surface area contributed by atoms with Crippen LogP contribution in [0.4, 0.5) is 0 Å². The molecule has 0 radical (unpaired) electrons. The second-order valence-corrected chi connectivity index (χ2v) is 6.30. The first kappa shape index (κ1) is 13.5. The van der Waals surface area contributed by atoms with Gasteiger partial charge in [-0.2, -0.15) is 0 Å². The number of carbonyl (C=O) groups excluding carboxylic acids is 1. The fraction of sp³-hybridized carbons (Fsp3) is 0.316. The number of hydrogen-bond acceptors (Lipinski definition) is 2. The monoisotopic (exact) mass is 292 g/mol. The summed E-state index contributed by atoms with van der Waals surface area (Å²) in [6.45, 7) is 2.97. The first-order valence-electron chi connectivity index (χ1n) is 7.95. The smallest absolute Gasteiger partial charge is 0.254 e. The van der Waals surface area contributed by atoms with Crippen LogP contribution in [-0.2, 0) is 6.54 Å². The Labute approximate surface area is 131 Å². The second-order valence-electron chi connectivity index (χ2n) is 6.30. The number of piperidine rings is 1. The maximum Gasteiger partial charge on any atom is 0.254 e. The van der Waals surface area contributed by atoms with Crippen LogP contribution in [-0.4, -0.2) is 40.9 Å². The fourth-order valence-electron chi connectivity index (χ4n) is 3.73. The first-order valence-corrected chi connectivity index (χ1v) is 7.95. The molecular formula is C19H20N2O. The molecule has 0 saturated carbocycles. The zero-order chi connectivity index (χ0) is 14.9.